The fourth-order valence-electron chi connectivity index (χ4n) is 1.70. The number of nitro groups is 1. The van der Waals surface area contributed by atoms with Crippen molar-refractivity contribution in [3.8, 4) is 6.07 Å². The summed E-state index contributed by atoms with van der Waals surface area (Å²) < 4.78 is 31.3. The van der Waals surface area contributed by atoms with Gasteiger partial charge in [-0.15, -0.1) is 0 Å². The molecule has 0 amide bonds. The minimum absolute atomic E-state index is 0.141. The van der Waals surface area contributed by atoms with Gasteiger partial charge in [0.25, 0.3) is 5.69 Å². The molecule has 1 fully saturated rings. The molecule has 0 aromatic heterocycles. The van der Waals surface area contributed by atoms with Gasteiger partial charge >= 0.3 is 0 Å². The average molecular weight is 297 g/mol. The second kappa shape index (κ2) is 5.16. The third-order valence-corrected chi connectivity index (χ3v) is 4.39. The van der Waals surface area contributed by atoms with Gasteiger partial charge in [0.05, 0.1) is 24.2 Å². The quantitative estimate of drug-likeness (QED) is 0.620. The van der Waals surface area contributed by atoms with Crippen LogP contribution in [0.15, 0.2) is 29.2 Å². The van der Waals surface area contributed by atoms with Crippen molar-refractivity contribution >= 4 is 15.7 Å². The van der Waals surface area contributed by atoms with Crippen LogP contribution in [-0.2, 0) is 14.8 Å². The first kappa shape index (κ1) is 14.4. The summed E-state index contributed by atoms with van der Waals surface area (Å²) in [5, 5.41) is 19.8. The molecule has 0 unspecified atom stereocenters. The van der Waals surface area contributed by atoms with Gasteiger partial charge in [-0.25, -0.2) is 13.1 Å². The fraction of sp³-hybridized carbons (Fsp3) is 0.364. The molecule has 1 aromatic rings. The number of sulfonamides is 1. The minimum Gasteiger partial charge on any atom is -0.378 e. The highest BCUT2D eigenvalue weighted by atomic mass is 32.2. The zero-order chi connectivity index (χ0) is 14.8. The molecule has 0 saturated carbocycles. The van der Waals surface area contributed by atoms with Gasteiger partial charge < -0.3 is 4.74 Å². The van der Waals surface area contributed by atoms with Crippen molar-refractivity contribution in [3.63, 3.8) is 0 Å². The summed E-state index contributed by atoms with van der Waals surface area (Å²) >= 11 is 0. The van der Waals surface area contributed by atoms with Crippen LogP contribution in [0.1, 0.15) is 0 Å². The van der Waals surface area contributed by atoms with Crippen LogP contribution in [-0.4, -0.2) is 33.1 Å². The van der Waals surface area contributed by atoms with E-state index in [1.807, 2.05) is 6.07 Å². The van der Waals surface area contributed by atoms with Crippen LogP contribution in [0.4, 0.5) is 5.69 Å². The molecule has 1 aliphatic heterocycles. The zero-order valence-corrected chi connectivity index (χ0v) is 11.1. The lowest BCUT2D eigenvalue weighted by molar-refractivity contribution is -0.387. The molecule has 0 radical (unpaired) electrons. The predicted octanol–water partition coefficient (Wildman–Crippen LogP) is 0.413. The van der Waals surface area contributed by atoms with Crippen LogP contribution in [0.2, 0.25) is 0 Å². The topological polar surface area (TPSA) is 122 Å². The van der Waals surface area contributed by atoms with Crippen LogP contribution in [0, 0.1) is 26.9 Å². The molecule has 1 aromatic carbocycles. The van der Waals surface area contributed by atoms with Gasteiger partial charge in [-0.2, -0.15) is 5.26 Å². The SMILES string of the molecule is N#CC1(CNS(=O)(=O)c2ccccc2[N+](=O)[O-])COC1. The normalized spacial score (nSPS) is 16.9. The molecule has 1 aliphatic rings. The van der Waals surface area contributed by atoms with E-state index in [-0.39, 0.29) is 19.8 Å². The number of ether oxygens (including phenoxy) is 1. The number of nitriles is 1. The standard InChI is InChI=1S/C11H11N3O5S/c12-5-11(7-19-8-11)6-13-20(17,18)10-4-2-1-3-9(10)14(15)16/h1-4,13H,6-8H2. The van der Waals surface area contributed by atoms with Crippen molar-refractivity contribution in [2.75, 3.05) is 19.8 Å². The van der Waals surface area contributed by atoms with E-state index < -0.39 is 30.9 Å². The summed E-state index contributed by atoms with van der Waals surface area (Å²) in [7, 11) is -4.05. The van der Waals surface area contributed by atoms with Gasteiger partial charge in [0.15, 0.2) is 4.90 Å². The summed E-state index contributed by atoms with van der Waals surface area (Å²) in [6, 6.07) is 7.03. The zero-order valence-electron chi connectivity index (χ0n) is 10.3. The van der Waals surface area contributed by atoms with Crippen molar-refractivity contribution in [1.82, 2.24) is 4.72 Å². The van der Waals surface area contributed by atoms with Gasteiger partial charge in [-0.1, -0.05) is 12.1 Å². The first-order valence-corrected chi connectivity index (χ1v) is 7.11. The van der Waals surface area contributed by atoms with E-state index in [0.717, 1.165) is 12.1 Å². The van der Waals surface area contributed by atoms with Crippen LogP contribution in [0.25, 0.3) is 0 Å². The molecule has 0 bridgehead atoms. The van der Waals surface area contributed by atoms with Crippen LogP contribution < -0.4 is 4.72 Å². The molecule has 0 aliphatic carbocycles. The van der Waals surface area contributed by atoms with E-state index >= 15 is 0 Å². The number of para-hydroxylation sites is 1. The van der Waals surface area contributed by atoms with Gasteiger partial charge in [-0.05, 0) is 6.07 Å². The van der Waals surface area contributed by atoms with Crippen LogP contribution >= 0.6 is 0 Å². The molecule has 9 heteroatoms. The predicted molar refractivity (Wildman–Crippen MR) is 67.1 cm³/mol. The Morgan fingerprint density at radius 3 is 2.60 bits per heavy atom. The highest BCUT2D eigenvalue weighted by Crippen LogP contribution is 2.27. The third-order valence-electron chi connectivity index (χ3n) is 2.95. The number of nitro benzene ring substituents is 1. The highest BCUT2D eigenvalue weighted by molar-refractivity contribution is 7.89. The molecule has 8 nitrogen and oxygen atoms in total. The van der Waals surface area contributed by atoms with E-state index in [0.29, 0.717) is 0 Å². The third kappa shape index (κ3) is 2.62. The maximum Gasteiger partial charge on any atom is 0.289 e. The van der Waals surface area contributed by atoms with Crippen molar-refractivity contribution in [2.24, 2.45) is 5.41 Å². The summed E-state index contributed by atoms with van der Waals surface area (Å²) in [6.07, 6.45) is 0. The maximum atomic E-state index is 12.1. The molecule has 106 valence electrons. The highest BCUT2D eigenvalue weighted by Gasteiger charge is 2.40. The minimum atomic E-state index is -4.05. The molecule has 2 rings (SSSR count). The van der Waals surface area contributed by atoms with Crippen molar-refractivity contribution in [3.05, 3.63) is 34.4 Å². The summed E-state index contributed by atoms with van der Waals surface area (Å²) in [4.78, 5) is 9.65. The lowest BCUT2D eigenvalue weighted by atomic mass is 9.88. The lowest BCUT2D eigenvalue weighted by Crippen LogP contribution is -2.49. The molecular weight excluding hydrogens is 286 g/mol. The van der Waals surface area contributed by atoms with E-state index in [2.05, 4.69) is 4.72 Å². The molecule has 1 N–H and O–H groups in total. The smallest absolute Gasteiger partial charge is 0.289 e. The van der Waals surface area contributed by atoms with Crippen molar-refractivity contribution < 1.29 is 18.1 Å². The Kier molecular flexibility index (Phi) is 3.71. The van der Waals surface area contributed by atoms with E-state index in [1.54, 1.807) is 0 Å². The second-order valence-corrected chi connectivity index (χ2v) is 6.17. The molecular formula is C11H11N3O5S. The van der Waals surface area contributed by atoms with E-state index in [9.17, 15) is 18.5 Å². The van der Waals surface area contributed by atoms with Gasteiger partial charge in [-0.3, -0.25) is 10.1 Å². The van der Waals surface area contributed by atoms with Gasteiger partial charge in [0.1, 0.15) is 5.41 Å². The lowest BCUT2D eigenvalue weighted by Gasteiger charge is -2.34. The monoisotopic (exact) mass is 297 g/mol. The van der Waals surface area contributed by atoms with Crippen LogP contribution in [0.3, 0.4) is 0 Å². The Morgan fingerprint density at radius 1 is 1.45 bits per heavy atom. The van der Waals surface area contributed by atoms with E-state index in [1.165, 1.54) is 12.1 Å². The molecule has 1 saturated heterocycles. The van der Waals surface area contributed by atoms with Gasteiger partial charge in [0.2, 0.25) is 10.0 Å². The first-order valence-electron chi connectivity index (χ1n) is 5.62. The van der Waals surface area contributed by atoms with Crippen molar-refractivity contribution in [2.45, 2.75) is 4.90 Å². The first-order chi connectivity index (χ1) is 9.40. The molecule has 1 heterocycles. The summed E-state index contributed by atoms with van der Waals surface area (Å²) in [5.41, 5.74) is -1.40. The number of hydrogen-bond donors (Lipinski definition) is 1. The number of nitrogens with zero attached hydrogens (tertiary/aromatic N) is 2. The summed E-state index contributed by atoms with van der Waals surface area (Å²) in [5.74, 6) is 0. The van der Waals surface area contributed by atoms with Gasteiger partial charge in [0, 0.05) is 12.6 Å². The number of benzene rings is 1. The van der Waals surface area contributed by atoms with Crippen LogP contribution in [0.5, 0.6) is 0 Å². The number of nitrogens with one attached hydrogen (secondary N) is 1. The van der Waals surface area contributed by atoms with E-state index in [4.69, 9.17) is 10.00 Å². The Labute approximate surface area is 115 Å². The Balaban J connectivity index is 2.23. The largest absolute Gasteiger partial charge is 0.378 e. The fourth-order valence-corrected chi connectivity index (χ4v) is 3.00. The maximum absolute atomic E-state index is 12.1. The second-order valence-electron chi connectivity index (χ2n) is 4.43. The molecule has 20 heavy (non-hydrogen) atoms. The summed E-state index contributed by atoms with van der Waals surface area (Å²) in [6.45, 7) is 0.143. The molecule has 0 atom stereocenters. The number of rotatable bonds is 5. The Morgan fingerprint density at radius 2 is 2.10 bits per heavy atom. The van der Waals surface area contributed by atoms with Crippen molar-refractivity contribution in [1.29, 1.82) is 5.26 Å². The molecule has 0 spiro atoms. The number of hydrogen-bond acceptors (Lipinski definition) is 6. The average Bonchev–Trinajstić information content (AvgIpc) is 2.38. The Hall–Kier alpha value is -2.02. The Bertz CT molecular complexity index is 676.